The number of nitrogens with zero attached hydrogens (tertiary/aromatic N) is 3. The van der Waals surface area contributed by atoms with Gasteiger partial charge in [0.05, 0.1) is 25.0 Å². The molecule has 0 radical (unpaired) electrons. The summed E-state index contributed by atoms with van der Waals surface area (Å²) in [5.41, 5.74) is 1.14. The summed E-state index contributed by atoms with van der Waals surface area (Å²) in [6.07, 6.45) is -0.195. The normalized spacial score (nSPS) is 18.7. The van der Waals surface area contributed by atoms with Crippen molar-refractivity contribution in [1.29, 1.82) is 0 Å². The second-order valence-electron chi connectivity index (χ2n) is 7.46. The van der Waals surface area contributed by atoms with Crippen molar-refractivity contribution in [3.63, 3.8) is 0 Å². The Labute approximate surface area is 186 Å². The van der Waals surface area contributed by atoms with E-state index in [9.17, 15) is 18.0 Å². The number of esters is 1. The lowest BCUT2D eigenvalue weighted by molar-refractivity contribution is -0.148. The van der Waals surface area contributed by atoms with Crippen molar-refractivity contribution < 1.29 is 27.5 Å². The van der Waals surface area contributed by atoms with Crippen molar-refractivity contribution in [2.45, 2.75) is 31.3 Å². The van der Waals surface area contributed by atoms with Crippen molar-refractivity contribution in [2.75, 3.05) is 30.0 Å². The van der Waals surface area contributed by atoms with E-state index in [1.807, 2.05) is 11.8 Å². The van der Waals surface area contributed by atoms with Crippen molar-refractivity contribution in [3.05, 3.63) is 48.0 Å². The van der Waals surface area contributed by atoms with Crippen LogP contribution in [0.25, 0.3) is 0 Å². The minimum atomic E-state index is -3.94. The first-order valence-corrected chi connectivity index (χ1v) is 11.6. The number of hydrogen-bond donors (Lipinski definition) is 0. The standard InChI is InChI=1S/C22H23N3O6S/c1-4-11-24-14(2)23-32(28,29)20-12-15(9-10-17(20)24)21(26)25-13-19(22(27)30-3)31-18-8-6-5-7-16(18)25/h5-10,12,19H,4,11,13H2,1-3H3/t19-/m0/s1. The lowest BCUT2D eigenvalue weighted by Crippen LogP contribution is -2.47. The average Bonchev–Trinajstić information content (AvgIpc) is 2.79. The van der Waals surface area contributed by atoms with Crippen LogP contribution in [0.5, 0.6) is 5.75 Å². The second kappa shape index (κ2) is 8.27. The van der Waals surface area contributed by atoms with Gasteiger partial charge < -0.3 is 19.3 Å². The Morgan fingerprint density at radius 1 is 1.19 bits per heavy atom. The first kappa shape index (κ1) is 21.8. The Hall–Kier alpha value is -3.40. The smallest absolute Gasteiger partial charge is 0.348 e. The van der Waals surface area contributed by atoms with E-state index >= 15 is 0 Å². The molecular weight excluding hydrogens is 434 g/mol. The van der Waals surface area contributed by atoms with Crippen LogP contribution < -0.4 is 14.5 Å². The third kappa shape index (κ3) is 3.70. The van der Waals surface area contributed by atoms with E-state index in [1.54, 1.807) is 43.3 Å². The number of carbonyl (C=O) groups is 2. The van der Waals surface area contributed by atoms with Crippen molar-refractivity contribution >= 4 is 39.1 Å². The summed E-state index contributed by atoms with van der Waals surface area (Å²) in [5.74, 6) is -0.310. The number of anilines is 2. The van der Waals surface area contributed by atoms with Gasteiger partial charge in [-0.25, -0.2) is 4.79 Å². The number of ether oxygens (including phenoxy) is 2. The number of methoxy groups -OCH3 is 1. The summed E-state index contributed by atoms with van der Waals surface area (Å²) in [5, 5.41) is 0. The number of amides is 1. The lowest BCUT2D eigenvalue weighted by atomic mass is 10.1. The summed E-state index contributed by atoms with van der Waals surface area (Å²) in [7, 11) is -2.69. The molecule has 0 saturated carbocycles. The highest BCUT2D eigenvalue weighted by Gasteiger charge is 2.36. The first-order chi connectivity index (χ1) is 15.3. The molecule has 0 aliphatic carbocycles. The molecule has 0 bridgehead atoms. The number of carbonyl (C=O) groups excluding carboxylic acids is 2. The van der Waals surface area contributed by atoms with Gasteiger partial charge in [0.2, 0.25) is 6.10 Å². The lowest BCUT2D eigenvalue weighted by Gasteiger charge is -2.34. The Morgan fingerprint density at radius 3 is 2.66 bits per heavy atom. The zero-order valence-corrected chi connectivity index (χ0v) is 18.8. The minimum absolute atomic E-state index is 0.0199. The SMILES string of the molecule is CCCN1C(C)=NS(=O)(=O)c2cc(C(=O)N3C[C@@H](C(=O)OC)Oc4ccccc43)ccc21. The molecule has 2 aliphatic heterocycles. The van der Waals surface area contributed by atoms with E-state index in [0.29, 0.717) is 29.5 Å². The number of rotatable bonds is 4. The van der Waals surface area contributed by atoms with Gasteiger partial charge in [-0.1, -0.05) is 19.1 Å². The molecule has 168 valence electrons. The summed E-state index contributed by atoms with van der Waals surface area (Å²) >= 11 is 0. The summed E-state index contributed by atoms with van der Waals surface area (Å²) in [6.45, 7) is 4.17. The summed E-state index contributed by atoms with van der Waals surface area (Å²) in [4.78, 5) is 28.8. The van der Waals surface area contributed by atoms with Crippen LogP contribution in [-0.2, 0) is 19.6 Å². The fourth-order valence-corrected chi connectivity index (χ4v) is 5.13. The highest BCUT2D eigenvalue weighted by atomic mass is 32.2. The average molecular weight is 458 g/mol. The summed E-state index contributed by atoms with van der Waals surface area (Å²) < 4.78 is 39.8. The Balaban J connectivity index is 1.76. The molecule has 2 aromatic carbocycles. The van der Waals surface area contributed by atoms with Gasteiger partial charge in [0.1, 0.15) is 16.5 Å². The summed E-state index contributed by atoms with van der Waals surface area (Å²) in [6, 6.07) is 11.4. The molecule has 0 saturated heterocycles. The first-order valence-electron chi connectivity index (χ1n) is 10.2. The predicted octanol–water partition coefficient (Wildman–Crippen LogP) is 2.60. The Morgan fingerprint density at radius 2 is 1.94 bits per heavy atom. The number of hydrogen-bond acceptors (Lipinski definition) is 7. The zero-order valence-electron chi connectivity index (χ0n) is 17.9. The Bertz CT molecular complexity index is 1220. The molecule has 32 heavy (non-hydrogen) atoms. The third-order valence-electron chi connectivity index (χ3n) is 5.35. The molecule has 0 N–H and O–H groups in total. The van der Waals surface area contributed by atoms with Gasteiger partial charge in [0.25, 0.3) is 15.9 Å². The molecule has 1 atom stereocenters. The van der Waals surface area contributed by atoms with Gasteiger partial charge in [0.15, 0.2) is 0 Å². The van der Waals surface area contributed by atoms with Crippen LogP contribution >= 0.6 is 0 Å². The molecule has 1 amide bonds. The number of sulfonamides is 1. The number of para-hydroxylation sites is 2. The maximum atomic E-state index is 13.5. The maximum Gasteiger partial charge on any atom is 0.348 e. The van der Waals surface area contributed by atoms with Crippen LogP contribution in [0.15, 0.2) is 51.8 Å². The van der Waals surface area contributed by atoms with Gasteiger partial charge >= 0.3 is 5.97 Å². The second-order valence-corrected chi connectivity index (χ2v) is 9.03. The van der Waals surface area contributed by atoms with Crippen LogP contribution in [0.3, 0.4) is 0 Å². The number of amidine groups is 1. The molecule has 0 unspecified atom stereocenters. The molecule has 2 aliphatic rings. The quantitative estimate of drug-likeness (QED) is 0.650. The monoisotopic (exact) mass is 457 g/mol. The van der Waals surface area contributed by atoms with Crippen molar-refractivity contribution in [1.82, 2.24) is 0 Å². The highest BCUT2D eigenvalue weighted by molar-refractivity contribution is 7.90. The molecule has 2 heterocycles. The van der Waals surface area contributed by atoms with E-state index in [1.165, 1.54) is 18.1 Å². The van der Waals surface area contributed by atoms with Gasteiger partial charge in [-0.15, -0.1) is 4.40 Å². The number of fused-ring (bicyclic) bond motifs is 2. The van der Waals surface area contributed by atoms with E-state index < -0.39 is 28.0 Å². The fraction of sp³-hybridized carbons (Fsp3) is 0.318. The molecule has 0 fully saturated rings. The van der Waals surface area contributed by atoms with Crippen LogP contribution in [0.4, 0.5) is 11.4 Å². The maximum absolute atomic E-state index is 13.5. The zero-order chi connectivity index (χ0) is 23.0. The van der Waals surface area contributed by atoms with E-state index in [-0.39, 0.29) is 17.0 Å². The molecule has 2 aromatic rings. The van der Waals surface area contributed by atoms with Crippen molar-refractivity contribution in [2.24, 2.45) is 4.40 Å². The highest BCUT2D eigenvalue weighted by Crippen LogP contribution is 2.36. The third-order valence-corrected chi connectivity index (χ3v) is 6.74. The Kier molecular flexibility index (Phi) is 5.64. The largest absolute Gasteiger partial charge is 0.475 e. The molecule has 9 nitrogen and oxygen atoms in total. The van der Waals surface area contributed by atoms with Gasteiger partial charge in [-0.3, -0.25) is 4.79 Å². The van der Waals surface area contributed by atoms with E-state index in [0.717, 1.165) is 6.42 Å². The van der Waals surface area contributed by atoms with Crippen LogP contribution in [0.1, 0.15) is 30.6 Å². The van der Waals surface area contributed by atoms with Crippen LogP contribution in [-0.4, -0.2) is 52.4 Å². The molecule has 0 aromatic heterocycles. The van der Waals surface area contributed by atoms with Crippen LogP contribution in [0.2, 0.25) is 0 Å². The van der Waals surface area contributed by atoms with Gasteiger partial charge in [-0.2, -0.15) is 8.42 Å². The topological polar surface area (TPSA) is 106 Å². The molecule has 10 heteroatoms. The van der Waals surface area contributed by atoms with Gasteiger partial charge in [-0.05, 0) is 43.7 Å². The van der Waals surface area contributed by atoms with E-state index in [2.05, 4.69) is 4.40 Å². The van der Waals surface area contributed by atoms with Gasteiger partial charge in [0, 0.05) is 12.1 Å². The fourth-order valence-electron chi connectivity index (χ4n) is 3.87. The molecule has 4 rings (SSSR count). The predicted molar refractivity (Wildman–Crippen MR) is 119 cm³/mol. The minimum Gasteiger partial charge on any atom is -0.475 e. The molecular formula is C22H23N3O6S. The molecule has 0 spiro atoms. The van der Waals surface area contributed by atoms with Crippen LogP contribution in [0, 0.1) is 0 Å². The number of benzene rings is 2. The van der Waals surface area contributed by atoms with E-state index in [4.69, 9.17) is 9.47 Å². The van der Waals surface area contributed by atoms with Crippen molar-refractivity contribution in [3.8, 4) is 5.75 Å².